The van der Waals surface area contributed by atoms with Crippen LogP contribution in [-0.4, -0.2) is 0 Å². The average molecular weight is 553 g/mol. The first-order valence-corrected chi connectivity index (χ1v) is 15.0. The van der Waals surface area contributed by atoms with Gasteiger partial charge in [-0.05, 0) is 122 Å². The normalized spacial score (nSPS) is 12.7. The Morgan fingerprint density at radius 1 is 0.512 bits per heavy atom. The first-order chi connectivity index (χ1) is 21.2. The van der Waals surface area contributed by atoms with Crippen molar-refractivity contribution in [2.24, 2.45) is 0 Å². The number of benzene rings is 6. The van der Waals surface area contributed by atoms with E-state index < -0.39 is 0 Å². The van der Waals surface area contributed by atoms with E-state index in [-0.39, 0.29) is 0 Å². The van der Waals surface area contributed by atoms with Crippen LogP contribution in [0.15, 0.2) is 158 Å². The Kier molecular flexibility index (Phi) is 8.03. The molecule has 0 heteroatoms. The summed E-state index contributed by atoms with van der Waals surface area (Å²) in [6.45, 7) is 10.2. The first kappa shape index (κ1) is 27.9. The van der Waals surface area contributed by atoms with Crippen LogP contribution in [0.1, 0.15) is 31.9 Å². The molecule has 0 aliphatic rings. The molecule has 0 bridgehead atoms. The molecule has 0 radical (unpaired) electrons. The lowest BCUT2D eigenvalue weighted by Crippen LogP contribution is -1.94. The van der Waals surface area contributed by atoms with E-state index in [2.05, 4.69) is 167 Å². The fourth-order valence-electron chi connectivity index (χ4n) is 6.27. The highest BCUT2D eigenvalue weighted by molar-refractivity contribution is 6.22. The molecule has 0 aromatic heterocycles. The molecular weight excluding hydrogens is 516 g/mol. The predicted octanol–water partition coefficient (Wildman–Crippen LogP) is 12.6. The van der Waals surface area contributed by atoms with Gasteiger partial charge in [-0.15, -0.1) is 0 Å². The van der Waals surface area contributed by atoms with E-state index in [1.165, 1.54) is 76.8 Å². The summed E-state index contributed by atoms with van der Waals surface area (Å²) in [6, 6.07) is 40.2. The van der Waals surface area contributed by atoms with Crippen LogP contribution >= 0.6 is 0 Å². The standard InChI is InChI=1S/C43H36/c1-5-9-17-31(8-4)36-27-35(30(7-3)16-6-2)28-37(29-36)43-40-22-14-12-20-38(40)42(39-21-13-15-23-41(39)43)34-25-24-32-18-10-11-19-33(32)26-34/h5-29H,1H2,2-4H3/b16-6-,17-9-,30-7+,31-8+. The molecule has 0 heterocycles. The van der Waals surface area contributed by atoms with Crippen LogP contribution in [0, 0.1) is 0 Å². The highest BCUT2D eigenvalue weighted by Crippen LogP contribution is 2.45. The second-order valence-electron chi connectivity index (χ2n) is 10.8. The van der Waals surface area contributed by atoms with Gasteiger partial charge in [0.05, 0.1) is 0 Å². The summed E-state index contributed by atoms with van der Waals surface area (Å²) in [5.74, 6) is 0. The topological polar surface area (TPSA) is 0 Å². The molecule has 0 nitrogen and oxygen atoms in total. The van der Waals surface area contributed by atoms with Gasteiger partial charge in [-0.3, -0.25) is 0 Å². The second-order valence-corrected chi connectivity index (χ2v) is 10.8. The highest BCUT2D eigenvalue weighted by Gasteiger charge is 2.18. The number of fused-ring (bicyclic) bond motifs is 3. The molecule has 0 atom stereocenters. The van der Waals surface area contributed by atoms with Crippen LogP contribution < -0.4 is 0 Å². The molecule has 0 aliphatic heterocycles. The molecule has 6 aromatic carbocycles. The summed E-state index contributed by atoms with van der Waals surface area (Å²) in [5, 5.41) is 7.54. The molecule has 0 saturated heterocycles. The van der Waals surface area contributed by atoms with Crippen molar-refractivity contribution in [2.75, 3.05) is 0 Å². The molecule has 6 rings (SSSR count). The van der Waals surface area contributed by atoms with Crippen LogP contribution in [0.2, 0.25) is 0 Å². The molecule has 0 unspecified atom stereocenters. The third kappa shape index (κ3) is 5.29. The van der Waals surface area contributed by atoms with E-state index in [1.54, 1.807) is 0 Å². The van der Waals surface area contributed by atoms with Crippen molar-refractivity contribution in [3.05, 3.63) is 169 Å². The zero-order valence-corrected chi connectivity index (χ0v) is 25.1. The maximum atomic E-state index is 3.90. The minimum Gasteiger partial charge on any atom is -0.0991 e. The molecule has 0 fully saturated rings. The molecule has 0 aliphatic carbocycles. The number of rotatable bonds is 7. The lowest BCUT2D eigenvalue weighted by molar-refractivity contribution is 1.53. The van der Waals surface area contributed by atoms with Gasteiger partial charge in [0.25, 0.3) is 0 Å². The van der Waals surface area contributed by atoms with Crippen LogP contribution in [-0.2, 0) is 0 Å². The van der Waals surface area contributed by atoms with Gasteiger partial charge in [0, 0.05) is 0 Å². The monoisotopic (exact) mass is 552 g/mol. The predicted molar refractivity (Wildman–Crippen MR) is 191 cm³/mol. The van der Waals surface area contributed by atoms with Crippen molar-refractivity contribution in [3.63, 3.8) is 0 Å². The quantitative estimate of drug-likeness (QED) is 0.136. The van der Waals surface area contributed by atoms with E-state index in [4.69, 9.17) is 0 Å². The molecule has 0 saturated carbocycles. The van der Waals surface area contributed by atoms with Crippen LogP contribution in [0.5, 0.6) is 0 Å². The van der Waals surface area contributed by atoms with Gasteiger partial charge < -0.3 is 0 Å². The Morgan fingerprint density at radius 2 is 1.02 bits per heavy atom. The number of hydrogen-bond acceptors (Lipinski definition) is 0. The number of hydrogen-bond donors (Lipinski definition) is 0. The Labute approximate surface area is 255 Å². The molecule has 43 heavy (non-hydrogen) atoms. The minimum atomic E-state index is 1.17. The molecule has 0 amide bonds. The lowest BCUT2D eigenvalue weighted by atomic mass is 9.84. The fraction of sp³-hybridized carbons (Fsp3) is 0.0698. The third-order valence-electron chi connectivity index (χ3n) is 8.24. The SMILES string of the molecule is C=C/C=C\C(=C/C)c1cc(C(/C=C\C)=C/C)cc(-c2c3ccccc3c(-c3ccc4ccccc4c3)c3ccccc23)c1. The van der Waals surface area contributed by atoms with Gasteiger partial charge in [-0.25, -0.2) is 0 Å². The summed E-state index contributed by atoms with van der Waals surface area (Å²) < 4.78 is 0. The van der Waals surface area contributed by atoms with E-state index in [1.807, 2.05) is 12.2 Å². The van der Waals surface area contributed by atoms with Crippen molar-refractivity contribution < 1.29 is 0 Å². The van der Waals surface area contributed by atoms with Gasteiger partial charge in [0.2, 0.25) is 0 Å². The van der Waals surface area contributed by atoms with E-state index in [0.717, 1.165) is 0 Å². The van der Waals surface area contributed by atoms with Crippen molar-refractivity contribution >= 4 is 43.5 Å². The van der Waals surface area contributed by atoms with Crippen molar-refractivity contribution in [3.8, 4) is 22.3 Å². The Balaban J connectivity index is 1.71. The van der Waals surface area contributed by atoms with Crippen molar-refractivity contribution in [1.29, 1.82) is 0 Å². The Bertz CT molecular complexity index is 2050. The van der Waals surface area contributed by atoms with Gasteiger partial charge in [0.15, 0.2) is 0 Å². The van der Waals surface area contributed by atoms with Crippen LogP contribution in [0.25, 0.3) is 65.7 Å². The average Bonchev–Trinajstić information content (AvgIpc) is 3.06. The Hall–Kier alpha value is -5.20. The first-order valence-electron chi connectivity index (χ1n) is 15.0. The fourth-order valence-corrected chi connectivity index (χ4v) is 6.27. The maximum absolute atomic E-state index is 3.90. The van der Waals surface area contributed by atoms with Crippen LogP contribution in [0.3, 0.4) is 0 Å². The smallest absolute Gasteiger partial charge is 0.00259 e. The van der Waals surface area contributed by atoms with Crippen molar-refractivity contribution in [1.82, 2.24) is 0 Å². The molecule has 6 aromatic rings. The maximum Gasteiger partial charge on any atom is -0.00259 e. The molecule has 208 valence electrons. The summed E-state index contributed by atoms with van der Waals surface area (Å²) in [4.78, 5) is 0. The zero-order chi connectivity index (χ0) is 29.8. The van der Waals surface area contributed by atoms with E-state index in [0.29, 0.717) is 0 Å². The minimum absolute atomic E-state index is 1.17. The van der Waals surface area contributed by atoms with Gasteiger partial charge in [-0.2, -0.15) is 0 Å². The summed E-state index contributed by atoms with van der Waals surface area (Å²) in [6.07, 6.45) is 14.6. The molecule has 0 N–H and O–H groups in total. The zero-order valence-electron chi connectivity index (χ0n) is 25.1. The lowest BCUT2D eigenvalue weighted by Gasteiger charge is -2.19. The van der Waals surface area contributed by atoms with Gasteiger partial charge >= 0.3 is 0 Å². The Morgan fingerprint density at radius 3 is 1.56 bits per heavy atom. The van der Waals surface area contributed by atoms with E-state index >= 15 is 0 Å². The highest BCUT2D eigenvalue weighted by atomic mass is 14.2. The number of allylic oxidation sites excluding steroid dienone is 9. The van der Waals surface area contributed by atoms with E-state index in [9.17, 15) is 0 Å². The summed E-state index contributed by atoms with van der Waals surface area (Å²) in [7, 11) is 0. The summed E-state index contributed by atoms with van der Waals surface area (Å²) in [5.41, 5.74) is 9.74. The second kappa shape index (κ2) is 12.3. The third-order valence-corrected chi connectivity index (χ3v) is 8.24. The molecule has 0 spiro atoms. The molecular formula is C43H36. The van der Waals surface area contributed by atoms with Gasteiger partial charge in [0.1, 0.15) is 0 Å². The largest absolute Gasteiger partial charge is 0.0991 e. The van der Waals surface area contributed by atoms with Gasteiger partial charge in [-0.1, -0.05) is 134 Å². The van der Waals surface area contributed by atoms with Crippen molar-refractivity contribution in [2.45, 2.75) is 20.8 Å². The van der Waals surface area contributed by atoms with Crippen LogP contribution in [0.4, 0.5) is 0 Å². The summed E-state index contributed by atoms with van der Waals surface area (Å²) >= 11 is 0.